The number of aryl methyl sites for hydroxylation is 1. The summed E-state index contributed by atoms with van der Waals surface area (Å²) in [6.07, 6.45) is 0. The van der Waals surface area contributed by atoms with Crippen molar-refractivity contribution in [3.63, 3.8) is 0 Å². The first-order valence-electron chi connectivity index (χ1n) is 2.76. The summed E-state index contributed by atoms with van der Waals surface area (Å²) in [6.45, 7) is 1.62. The molecule has 1 aromatic heterocycles. The number of aromatic nitrogens is 2. The van der Waals surface area contributed by atoms with E-state index in [0.717, 1.165) is 0 Å². The van der Waals surface area contributed by atoms with Crippen molar-refractivity contribution < 1.29 is 9.32 Å². The molecule has 0 unspecified atom stereocenters. The Kier molecular flexibility index (Phi) is 1.66. The second kappa shape index (κ2) is 2.47. The fourth-order valence-corrected chi connectivity index (χ4v) is 0.503. The summed E-state index contributed by atoms with van der Waals surface area (Å²) < 4.78 is 4.57. The fourth-order valence-electron chi connectivity index (χ4n) is 0.503. The van der Waals surface area contributed by atoms with Gasteiger partial charge >= 0.3 is 0 Å². The first-order valence-corrected chi connectivity index (χ1v) is 2.76. The van der Waals surface area contributed by atoms with Gasteiger partial charge in [-0.2, -0.15) is 4.98 Å². The molecule has 5 heteroatoms. The number of amides is 1. The highest BCUT2D eigenvalue weighted by molar-refractivity contribution is 5.89. The average molecular weight is 141 g/mol. The van der Waals surface area contributed by atoms with Gasteiger partial charge < -0.3 is 9.84 Å². The van der Waals surface area contributed by atoms with E-state index in [1.807, 2.05) is 0 Å². The van der Waals surface area contributed by atoms with Crippen LogP contribution >= 0.6 is 0 Å². The molecule has 1 aromatic rings. The summed E-state index contributed by atoms with van der Waals surface area (Å²) in [5.41, 5.74) is 0. The van der Waals surface area contributed by atoms with E-state index in [2.05, 4.69) is 20.0 Å². The average Bonchev–Trinajstić information content (AvgIpc) is 2.34. The molecule has 54 valence electrons. The van der Waals surface area contributed by atoms with E-state index in [1.165, 1.54) is 7.05 Å². The van der Waals surface area contributed by atoms with Crippen LogP contribution in [-0.2, 0) is 0 Å². The lowest BCUT2D eigenvalue weighted by Gasteiger charge is -1.87. The molecule has 0 aliphatic rings. The minimum absolute atomic E-state index is 0.0694. The maximum absolute atomic E-state index is 10.7. The molecule has 0 aromatic carbocycles. The predicted octanol–water partition coefficient (Wildman–Crippen LogP) is -0.262. The van der Waals surface area contributed by atoms with Gasteiger partial charge in [0.2, 0.25) is 5.89 Å². The van der Waals surface area contributed by atoms with Crippen molar-refractivity contribution >= 4 is 5.91 Å². The van der Waals surface area contributed by atoms with Crippen LogP contribution in [0.15, 0.2) is 4.52 Å². The van der Waals surface area contributed by atoms with Gasteiger partial charge in [0.25, 0.3) is 11.7 Å². The van der Waals surface area contributed by atoms with Crippen LogP contribution in [0.4, 0.5) is 0 Å². The van der Waals surface area contributed by atoms with Crippen molar-refractivity contribution in [1.82, 2.24) is 15.5 Å². The Morgan fingerprint density at radius 3 is 2.80 bits per heavy atom. The zero-order valence-electron chi connectivity index (χ0n) is 5.71. The van der Waals surface area contributed by atoms with Crippen LogP contribution in [0.5, 0.6) is 0 Å². The molecule has 5 nitrogen and oxygen atoms in total. The zero-order valence-corrected chi connectivity index (χ0v) is 5.71. The summed E-state index contributed by atoms with van der Waals surface area (Å²) in [5.74, 6) is 0.121. The summed E-state index contributed by atoms with van der Waals surface area (Å²) in [4.78, 5) is 14.4. The Morgan fingerprint density at radius 1 is 1.70 bits per heavy atom. The zero-order chi connectivity index (χ0) is 7.56. The Labute approximate surface area is 57.4 Å². The maximum Gasteiger partial charge on any atom is 0.292 e. The summed E-state index contributed by atoms with van der Waals surface area (Å²) in [5, 5.41) is 5.76. The fraction of sp³-hybridized carbons (Fsp3) is 0.400. The van der Waals surface area contributed by atoms with E-state index in [-0.39, 0.29) is 11.7 Å². The highest BCUT2D eigenvalue weighted by Gasteiger charge is 2.09. The molecule has 0 aliphatic heterocycles. The molecule has 0 spiro atoms. The highest BCUT2D eigenvalue weighted by atomic mass is 16.5. The largest absolute Gasteiger partial charge is 0.352 e. The number of rotatable bonds is 1. The van der Waals surface area contributed by atoms with Gasteiger partial charge in [0.05, 0.1) is 0 Å². The van der Waals surface area contributed by atoms with Gasteiger partial charge in [-0.25, -0.2) is 0 Å². The molecule has 10 heavy (non-hydrogen) atoms. The quantitative estimate of drug-likeness (QED) is 0.585. The molecular formula is C5H7N3O2. The SMILES string of the molecule is CNC(=O)c1noc(C)n1. The lowest BCUT2D eigenvalue weighted by atomic mass is 10.6. The van der Waals surface area contributed by atoms with Gasteiger partial charge in [0, 0.05) is 14.0 Å². The van der Waals surface area contributed by atoms with E-state index < -0.39 is 0 Å². The van der Waals surface area contributed by atoms with Gasteiger partial charge in [0.1, 0.15) is 0 Å². The maximum atomic E-state index is 10.7. The first-order chi connectivity index (χ1) is 4.74. The molecule has 0 saturated carbocycles. The van der Waals surface area contributed by atoms with E-state index in [4.69, 9.17) is 0 Å². The Bertz CT molecular complexity index is 243. The van der Waals surface area contributed by atoms with Crippen molar-refractivity contribution in [2.75, 3.05) is 7.05 Å². The minimum Gasteiger partial charge on any atom is -0.352 e. The molecule has 1 rings (SSSR count). The van der Waals surface area contributed by atoms with Crippen molar-refractivity contribution in [1.29, 1.82) is 0 Å². The van der Waals surface area contributed by atoms with Crippen molar-refractivity contribution in [2.45, 2.75) is 6.92 Å². The highest BCUT2D eigenvalue weighted by Crippen LogP contribution is 1.92. The molecule has 0 atom stereocenters. The van der Waals surface area contributed by atoms with Crippen LogP contribution in [0, 0.1) is 6.92 Å². The molecule has 1 N–H and O–H groups in total. The lowest BCUT2D eigenvalue weighted by molar-refractivity contribution is 0.0950. The van der Waals surface area contributed by atoms with E-state index in [0.29, 0.717) is 5.89 Å². The Balaban J connectivity index is 2.85. The second-order valence-corrected chi connectivity index (χ2v) is 1.72. The van der Waals surface area contributed by atoms with Crippen LogP contribution in [0.25, 0.3) is 0 Å². The van der Waals surface area contributed by atoms with Gasteiger partial charge in [-0.3, -0.25) is 4.79 Å². The smallest absolute Gasteiger partial charge is 0.292 e. The predicted molar refractivity (Wildman–Crippen MR) is 32.4 cm³/mol. The lowest BCUT2D eigenvalue weighted by Crippen LogP contribution is -2.19. The molecule has 0 bridgehead atoms. The van der Waals surface area contributed by atoms with Gasteiger partial charge in [-0.15, -0.1) is 0 Å². The van der Waals surface area contributed by atoms with Crippen LogP contribution in [0.3, 0.4) is 0 Å². The minimum atomic E-state index is -0.336. The van der Waals surface area contributed by atoms with Gasteiger partial charge in [-0.1, -0.05) is 5.16 Å². The number of hydrogen-bond donors (Lipinski definition) is 1. The normalized spacial score (nSPS) is 9.40. The standard InChI is InChI=1S/C5H7N3O2/c1-3-7-4(8-10-3)5(9)6-2/h1-2H3,(H,6,9). The van der Waals surface area contributed by atoms with Crippen molar-refractivity contribution in [3.05, 3.63) is 11.7 Å². The summed E-state index contributed by atoms with van der Waals surface area (Å²) >= 11 is 0. The van der Waals surface area contributed by atoms with Gasteiger partial charge in [0.15, 0.2) is 0 Å². The second-order valence-electron chi connectivity index (χ2n) is 1.72. The summed E-state index contributed by atoms with van der Waals surface area (Å²) in [7, 11) is 1.51. The number of carbonyl (C=O) groups is 1. The third-order valence-electron chi connectivity index (χ3n) is 0.958. The molecule has 1 heterocycles. The summed E-state index contributed by atoms with van der Waals surface area (Å²) in [6, 6.07) is 0. The molecule has 0 saturated heterocycles. The van der Waals surface area contributed by atoms with E-state index in [9.17, 15) is 4.79 Å². The number of nitrogens with zero attached hydrogens (tertiary/aromatic N) is 2. The molecular weight excluding hydrogens is 134 g/mol. The third-order valence-corrected chi connectivity index (χ3v) is 0.958. The monoisotopic (exact) mass is 141 g/mol. The van der Waals surface area contributed by atoms with Crippen LogP contribution in [-0.4, -0.2) is 23.1 Å². The number of carbonyl (C=O) groups excluding carboxylic acids is 1. The molecule has 0 fully saturated rings. The topological polar surface area (TPSA) is 68.0 Å². The Morgan fingerprint density at radius 2 is 2.40 bits per heavy atom. The molecule has 0 radical (unpaired) electrons. The molecule has 0 aliphatic carbocycles. The van der Waals surface area contributed by atoms with Crippen LogP contribution < -0.4 is 5.32 Å². The van der Waals surface area contributed by atoms with Crippen molar-refractivity contribution in [2.24, 2.45) is 0 Å². The van der Waals surface area contributed by atoms with E-state index >= 15 is 0 Å². The van der Waals surface area contributed by atoms with E-state index in [1.54, 1.807) is 6.92 Å². The van der Waals surface area contributed by atoms with Crippen molar-refractivity contribution in [3.8, 4) is 0 Å². The number of hydrogen-bond acceptors (Lipinski definition) is 4. The van der Waals surface area contributed by atoms with Crippen LogP contribution in [0.1, 0.15) is 16.5 Å². The third kappa shape index (κ3) is 1.12. The molecule has 1 amide bonds. The van der Waals surface area contributed by atoms with Gasteiger partial charge in [-0.05, 0) is 0 Å². The Hall–Kier alpha value is -1.39. The number of nitrogens with one attached hydrogen (secondary N) is 1. The van der Waals surface area contributed by atoms with Crippen LogP contribution in [0.2, 0.25) is 0 Å². The first kappa shape index (κ1) is 6.73.